The van der Waals surface area contributed by atoms with Crippen molar-refractivity contribution in [2.24, 2.45) is 0 Å². The fourth-order valence-corrected chi connectivity index (χ4v) is 0.355. The molecule has 0 radical (unpaired) electrons. The van der Waals surface area contributed by atoms with Crippen LogP contribution >= 0.6 is 0 Å². The number of rotatable bonds is 3. The number of aliphatic hydroxyl groups is 1. The van der Waals surface area contributed by atoms with E-state index < -0.39 is 18.1 Å². The highest BCUT2D eigenvalue weighted by Crippen LogP contribution is 1.90. The number of aliphatic carboxylic acids is 1. The lowest BCUT2D eigenvalue weighted by molar-refractivity contribution is -0.141. The Balaban J connectivity index is 3.83. The molecule has 2 atom stereocenters. The summed E-state index contributed by atoms with van der Waals surface area (Å²) in [4.78, 5) is 9.95. The predicted molar refractivity (Wildman–Crippen MR) is 29.6 cm³/mol. The van der Waals surface area contributed by atoms with E-state index in [0.29, 0.717) is 0 Å². The molecule has 5 heteroatoms. The van der Waals surface area contributed by atoms with Crippen LogP contribution in [0.3, 0.4) is 0 Å². The van der Waals surface area contributed by atoms with Crippen molar-refractivity contribution >= 4 is 5.97 Å². The normalized spacial score (nSPS) is 16.8. The van der Waals surface area contributed by atoms with Crippen LogP contribution < -0.4 is 5.48 Å². The van der Waals surface area contributed by atoms with Crippen LogP contribution in [0.25, 0.3) is 0 Å². The van der Waals surface area contributed by atoms with Crippen LogP contribution in [-0.4, -0.2) is 28.3 Å². The molecule has 0 aromatic heterocycles. The van der Waals surface area contributed by atoms with E-state index in [1.807, 2.05) is 0 Å². The standard InChI is InChI=1S/C4H8NO4/c1-2(6)3(5-9)4(7)8/h2-3,5-6H,1H3,(H,7,8)/q-1/t2-,3+/m1/s1. The second-order valence-electron chi connectivity index (χ2n) is 1.67. The molecule has 9 heavy (non-hydrogen) atoms. The number of hydroxylamine groups is 1. The molecule has 0 fully saturated rings. The second-order valence-corrected chi connectivity index (χ2v) is 1.67. The summed E-state index contributed by atoms with van der Waals surface area (Å²) in [6, 6.07) is -1.41. The number of aliphatic hydroxyl groups excluding tert-OH is 1. The summed E-state index contributed by atoms with van der Waals surface area (Å²) in [5.41, 5.74) is 1.20. The first-order chi connectivity index (χ1) is 4.09. The SMILES string of the molecule is C[C@@H](O)[C@H](N[O-])C(=O)O. The Morgan fingerprint density at radius 2 is 2.22 bits per heavy atom. The summed E-state index contributed by atoms with van der Waals surface area (Å²) < 4.78 is 0. The van der Waals surface area contributed by atoms with Gasteiger partial charge in [0, 0.05) is 0 Å². The van der Waals surface area contributed by atoms with E-state index in [4.69, 9.17) is 10.2 Å². The summed E-state index contributed by atoms with van der Waals surface area (Å²) in [6.45, 7) is 1.23. The van der Waals surface area contributed by atoms with Crippen LogP contribution in [0.5, 0.6) is 0 Å². The molecule has 0 aliphatic heterocycles. The van der Waals surface area contributed by atoms with Gasteiger partial charge >= 0.3 is 5.97 Å². The van der Waals surface area contributed by atoms with Crippen molar-refractivity contribution in [3.8, 4) is 0 Å². The van der Waals surface area contributed by atoms with Gasteiger partial charge in [-0.1, -0.05) is 0 Å². The van der Waals surface area contributed by atoms with E-state index in [1.54, 1.807) is 0 Å². The molecule has 0 aromatic carbocycles. The Labute approximate surface area is 51.9 Å². The summed E-state index contributed by atoms with van der Waals surface area (Å²) >= 11 is 0. The van der Waals surface area contributed by atoms with Gasteiger partial charge in [0.1, 0.15) is 6.04 Å². The summed E-state index contributed by atoms with van der Waals surface area (Å²) in [5.74, 6) is -1.35. The third-order valence-corrected chi connectivity index (χ3v) is 0.875. The Hall–Kier alpha value is -0.650. The molecule has 3 N–H and O–H groups in total. The molecule has 0 spiro atoms. The van der Waals surface area contributed by atoms with Gasteiger partial charge in [-0.3, -0.25) is 4.79 Å². The third-order valence-electron chi connectivity index (χ3n) is 0.875. The molecule has 0 saturated carbocycles. The molecule has 0 amide bonds. The topological polar surface area (TPSA) is 92.6 Å². The van der Waals surface area contributed by atoms with Crippen molar-refractivity contribution in [2.75, 3.05) is 0 Å². The minimum Gasteiger partial charge on any atom is -0.787 e. The van der Waals surface area contributed by atoms with Crippen molar-refractivity contribution in [2.45, 2.75) is 19.1 Å². The maximum atomic E-state index is 9.95. The average Bonchev–Trinajstić information content (AvgIpc) is 1.64. The average molecular weight is 134 g/mol. The zero-order chi connectivity index (χ0) is 7.44. The molecule has 0 aliphatic carbocycles. The van der Waals surface area contributed by atoms with Crippen LogP contribution in [-0.2, 0) is 4.79 Å². The quantitative estimate of drug-likeness (QED) is 0.426. The monoisotopic (exact) mass is 134 g/mol. The fourth-order valence-electron chi connectivity index (χ4n) is 0.355. The highest BCUT2D eigenvalue weighted by molar-refractivity contribution is 5.74. The van der Waals surface area contributed by atoms with Crippen LogP contribution in [0, 0.1) is 5.21 Å². The minimum atomic E-state index is -1.41. The van der Waals surface area contributed by atoms with Gasteiger partial charge in [-0.25, -0.2) is 0 Å². The molecule has 0 bridgehead atoms. The predicted octanol–water partition coefficient (Wildman–Crippen LogP) is -1.09. The molecule has 5 nitrogen and oxygen atoms in total. The molecule has 0 rings (SSSR count). The van der Waals surface area contributed by atoms with Crippen LogP contribution in [0.2, 0.25) is 0 Å². The maximum absolute atomic E-state index is 9.95. The zero-order valence-electron chi connectivity index (χ0n) is 4.87. The van der Waals surface area contributed by atoms with E-state index in [0.717, 1.165) is 0 Å². The van der Waals surface area contributed by atoms with Gasteiger partial charge < -0.3 is 20.9 Å². The molecule has 0 aromatic rings. The number of carbonyl (C=O) groups is 1. The maximum Gasteiger partial charge on any atom is 0.322 e. The molecule has 54 valence electrons. The largest absolute Gasteiger partial charge is 0.787 e. The smallest absolute Gasteiger partial charge is 0.322 e. The van der Waals surface area contributed by atoms with E-state index in [9.17, 15) is 10.0 Å². The summed E-state index contributed by atoms with van der Waals surface area (Å²) in [7, 11) is 0. The van der Waals surface area contributed by atoms with E-state index in [1.165, 1.54) is 12.4 Å². The summed E-state index contributed by atoms with van der Waals surface area (Å²) in [5, 5.41) is 26.4. The Morgan fingerprint density at radius 1 is 1.78 bits per heavy atom. The lowest BCUT2D eigenvalue weighted by Gasteiger charge is -2.19. The number of hydrogen-bond donors (Lipinski definition) is 3. The number of carboxylic acid groups (broad SMARTS) is 1. The first-order valence-corrected chi connectivity index (χ1v) is 2.38. The molecule has 0 saturated heterocycles. The van der Waals surface area contributed by atoms with Crippen molar-refractivity contribution < 1.29 is 15.0 Å². The first kappa shape index (κ1) is 8.35. The highest BCUT2D eigenvalue weighted by atomic mass is 16.5. The molecular formula is C4H8NO4-. The van der Waals surface area contributed by atoms with Gasteiger partial charge in [-0.05, 0) is 6.92 Å². The fraction of sp³-hybridized carbons (Fsp3) is 0.750. The zero-order valence-corrected chi connectivity index (χ0v) is 4.87. The van der Waals surface area contributed by atoms with Gasteiger partial charge in [-0.15, -0.1) is 0 Å². The number of nitrogens with one attached hydrogen (secondary N) is 1. The first-order valence-electron chi connectivity index (χ1n) is 2.38. The second kappa shape index (κ2) is 3.39. The van der Waals surface area contributed by atoms with Crippen molar-refractivity contribution in [1.82, 2.24) is 5.48 Å². The minimum absolute atomic E-state index is 1.17. The molecular weight excluding hydrogens is 126 g/mol. The molecule has 0 unspecified atom stereocenters. The van der Waals surface area contributed by atoms with E-state index >= 15 is 0 Å². The van der Waals surface area contributed by atoms with Gasteiger partial charge in [0.05, 0.1) is 6.10 Å². The third kappa shape index (κ3) is 2.41. The molecule has 0 aliphatic rings. The van der Waals surface area contributed by atoms with E-state index in [-0.39, 0.29) is 0 Å². The Bertz CT molecular complexity index is 103. The van der Waals surface area contributed by atoms with Crippen molar-refractivity contribution in [3.63, 3.8) is 0 Å². The van der Waals surface area contributed by atoms with E-state index in [2.05, 4.69) is 0 Å². The molecule has 0 heterocycles. The van der Waals surface area contributed by atoms with Gasteiger partial charge in [0.2, 0.25) is 0 Å². The van der Waals surface area contributed by atoms with Crippen molar-refractivity contribution in [1.29, 1.82) is 0 Å². The number of carboxylic acids is 1. The van der Waals surface area contributed by atoms with Gasteiger partial charge in [0.15, 0.2) is 0 Å². The summed E-state index contributed by atoms with van der Waals surface area (Å²) in [6.07, 6.45) is -1.17. The Kier molecular flexibility index (Phi) is 3.15. The van der Waals surface area contributed by atoms with Crippen molar-refractivity contribution in [3.05, 3.63) is 5.21 Å². The van der Waals surface area contributed by atoms with Crippen LogP contribution in [0.1, 0.15) is 6.92 Å². The van der Waals surface area contributed by atoms with Crippen LogP contribution in [0.15, 0.2) is 0 Å². The van der Waals surface area contributed by atoms with Crippen LogP contribution in [0.4, 0.5) is 0 Å². The number of hydrogen-bond acceptors (Lipinski definition) is 4. The Morgan fingerprint density at radius 3 is 2.22 bits per heavy atom. The van der Waals surface area contributed by atoms with Gasteiger partial charge in [-0.2, -0.15) is 0 Å². The highest BCUT2D eigenvalue weighted by Gasteiger charge is 2.17. The lowest BCUT2D eigenvalue weighted by atomic mass is 10.2. The lowest BCUT2D eigenvalue weighted by Crippen LogP contribution is -2.41. The van der Waals surface area contributed by atoms with Gasteiger partial charge in [0.25, 0.3) is 0 Å².